The molecule has 3 aromatic carbocycles. The van der Waals surface area contributed by atoms with Gasteiger partial charge in [-0.3, -0.25) is 9.59 Å². The van der Waals surface area contributed by atoms with E-state index in [1.54, 1.807) is 4.68 Å². The third-order valence-electron chi connectivity index (χ3n) is 8.56. The molecule has 2 heterocycles. The van der Waals surface area contributed by atoms with Crippen LogP contribution in [0.4, 0.5) is 23.4 Å². The summed E-state index contributed by atoms with van der Waals surface area (Å²) in [6.07, 6.45) is -4.66. The maximum Gasteiger partial charge on any atom is 0.416 e. The van der Waals surface area contributed by atoms with Crippen molar-refractivity contribution in [2.24, 2.45) is 0 Å². The van der Waals surface area contributed by atoms with Crippen LogP contribution in [0.25, 0.3) is 5.69 Å². The summed E-state index contributed by atoms with van der Waals surface area (Å²) < 4.78 is 63.3. The molecule has 2 atom stereocenters. The molecule has 0 spiro atoms. The molecule has 7 nitrogen and oxygen atoms in total. The van der Waals surface area contributed by atoms with Crippen LogP contribution in [0.15, 0.2) is 77.3 Å². The normalized spacial score (nSPS) is 17.0. The van der Waals surface area contributed by atoms with E-state index in [0.717, 1.165) is 22.7 Å². The van der Waals surface area contributed by atoms with Gasteiger partial charge in [0.2, 0.25) is 5.91 Å². The average Bonchev–Trinajstić information content (AvgIpc) is 3.34. The molecule has 1 aliphatic heterocycles. The molecule has 2 amide bonds. The van der Waals surface area contributed by atoms with Crippen molar-refractivity contribution in [3.63, 3.8) is 0 Å². The monoisotopic (exact) mass is 716 g/mol. The number of aromatic nitrogens is 2. The lowest BCUT2D eigenvalue weighted by atomic mass is 9.81. The van der Waals surface area contributed by atoms with Crippen molar-refractivity contribution >= 4 is 41.9 Å². The summed E-state index contributed by atoms with van der Waals surface area (Å²) in [6.45, 7) is 10.6. The minimum Gasteiger partial charge on any atom is -0.411 e. The van der Waals surface area contributed by atoms with Gasteiger partial charge in [-0.2, -0.15) is 18.3 Å². The molecule has 0 saturated carbocycles. The predicted molar refractivity (Wildman–Crippen MR) is 173 cm³/mol. The van der Waals surface area contributed by atoms with E-state index in [0.29, 0.717) is 28.3 Å². The summed E-state index contributed by atoms with van der Waals surface area (Å²) in [7, 11) is -2.30. The summed E-state index contributed by atoms with van der Waals surface area (Å²) in [5, 5.41) is 10.3. The molecule has 13 heteroatoms. The molecule has 0 radical (unpaired) electrons. The number of amides is 2. The second-order valence-electron chi connectivity index (χ2n) is 12.7. The lowest BCUT2D eigenvalue weighted by Crippen LogP contribution is -2.51. The van der Waals surface area contributed by atoms with E-state index in [1.807, 2.05) is 24.3 Å². The smallest absolute Gasteiger partial charge is 0.411 e. The van der Waals surface area contributed by atoms with Crippen LogP contribution in [0.1, 0.15) is 59.4 Å². The lowest BCUT2D eigenvalue weighted by molar-refractivity contribution is -0.137. The van der Waals surface area contributed by atoms with Crippen molar-refractivity contribution < 1.29 is 31.6 Å². The molecule has 1 aliphatic rings. The zero-order chi connectivity index (χ0) is 33.6. The largest absolute Gasteiger partial charge is 0.416 e. The standard InChI is InChI=1S/C33H33BrF4N4O3Si/c1-32(2,3)46(4,5)45-18-25-27-26(19-12-14-23(35)15-13-19)28(39-30(43)20-8-6-9-21(16-20)33(36,37)38)31(44)40-29(27)42(41-25)24-11-7-10-22(34)17-24/h6-17,26,28H,18H2,1-5H3,(H,39,43)(H,40,44)/t26-,28-/m1/s1. The lowest BCUT2D eigenvalue weighted by Gasteiger charge is -2.36. The number of nitrogens with one attached hydrogen (secondary N) is 2. The number of rotatable bonds is 7. The molecular formula is C33H33BrF4N4O3Si. The summed E-state index contributed by atoms with van der Waals surface area (Å²) in [4.78, 5) is 27.3. The van der Waals surface area contributed by atoms with E-state index in [2.05, 4.69) is 60.4 Å². The summed E-state index contributed by atoms with van der Waals surface area (Å²) in [6, 6.07) is 15.5. The molecule has 0 fully saturated rings. The summed E-state index contributed by atoms with van der Waals surface area (Å²) in [5.74, 6) is -2.54. The number of anilines is 1. The first-order chi connectivity index (χ1) is 21.5. The van der Waals surface area contributed by atoms with Gasteiger partial charge in [-0.15, -0.1) is 0 Å². The highest BCUT2D eigenvalue weighted by molar-refractivity contribution is 9.10. The van der Waals surface area contributed by atoms with Crippen LogP contribution in [0.5, 0.6) is 0 Å². The SMILES string of the molecule is CC(C)(C)[Si](C)(C)OCc1nn(-c2cccc(Br)c2)c2c1[C@@H](c1ccc(F)cc1)[C@@H](NC(=O)c1cccc(C(F)(F)F)c1)C(=O)N2. The van der Waals surface area contributed by atoms with E-state index >= 15 is 0 Å². The van der Waals surface area contributed by atoms with Gasteiger partial charge >= 0.3 is 6.18 Å². The fraction of sp³-hybridized carbons (Fsp3) is 0.303. The first-order valence-electron chi connectivity index (χ1n) is 14.5. The van der Waals surface area contributed by atoms with E-state index in [4.69, 9.17) is 9.52 Å². The van der Waals surface area contributed by atoms with Crippen LogP contribution in [-0.2, 0) is 22.0 Å². The molecule has 242 valence electrons. The average molecular weight is 718 g/mol. The van der Waals surface area contributed by atoms with Gasteiger partial charge < -0.3 is 15.1 Å². The van der Waals surface area contributed by atoms with Crippen molar-refractivity contribution in [2.45, 2.75) is 63.6 Å². The number of benzene rings is 3. The molecule has 2 N–H and O–H groups in total. The van der Waals surface area contributed by atoms with E-state index in [1.165, 1.54) is 30.3 Å². The zero-order valence-electron chi connectivity index (χ0n) is 25.8. The van der Waals surface area contributed by atoms with Crippen molar-refractivity contribution in [1.29, 1.82) is 0 Å². The molecule has 4 aromatic rings. The van der Waals surface area contributed by atoms with Crippen LogP contribution >= 0.6 is 15.9 Å². The van der Waals surface area contributed by atoms with Crippen molar-refractivity contribution in [1.82, 2.24) is 15.1 Å². The van der Waals surface area contributed by atoms with Crippen LogP contribution in [0.3, 0.4) is 0 Å². The van der Waals surface area contributed by atoms with Crippen molar-refractivity contribution in [3.8, 4) is 5.69 Å². The molecule has 46 heavy (non-hydrogen) atoms. The van der Waals surface area contributed by atoms with Crippen LogP contribution < -0.4 is 10.6 Å². The molecule has 0 aliphatic carbocycles. The number of carbonyl (C=O) groups is 2. The Morgan fingerprint density at radius 2 is 1.72 bits per heavy atom. The van der Waals surface area contributed by atoms with Gasteiger partial charge in [-0.25, -0.2) is 9.07 Å². The van der Waals surface area contributed by atoms with Crippen LogP contribution in [0, 0.1) is 5.82 Å². The van der Waals surface area contributed by atoms with Gasteiger partial charge in [-0.1, -0.05) is 61.0 Å². The number of carbonyl (C=O) groups excluding carboxylic acids is 2. The molecule has 5 rings (SSSR count). The minimum atomic E-state index is -4.66. The second-order valence-corrected chi connectivity index (χ2v) is 18.4. The van der Waals surface area contributed by atoms with E-state index < -0.39 is 49.6 Å². The van der Waals surface area contributed by atoms with Gasteiger partial charge in [-0.05, 0) is 72.2 Å². The maximum atomic E-state index is 14.1. The fourth-order valence-electron chi connectivity index (χ4n) is 5.04. The Morgan fingerprint density at radius 1 is 1.04 bits per heavy atom. The molecular weight excluding hydrogens is 684 g/mol. The Labute approximate surface area is 273 Å². The maximum absolute atomic E-state index is 14.1. The number of nitrogens with zero attached hydrogens (tertiary/aromatic N) is 2. The van der Waals surface area contributed by atoms with Gasteiger partial charge in [0.25, 0.3) is 5.91 Å². The van der Waals surface area contributed by atoms with Gasteiger partial charge in [0.05, 0.1) is 23.6 Å². The highest BCUT2D eigenvalue weighted by Crippen LogP contribution is 2.43. The van der Waals surface area contributed by atoms with Gasteiger partial charge in [0, 0.05) is 21.5 Å². The Bertz CT molecular complexity index is 1780. The Morgan fingerprint density at radius 3 is 2.35 bits per heavy atom. The molecule has 0 saturated heterocycles. The zero-order valence-corrected chi connectivity index (χ0v) is 28.4. The number of alkyl halides is 3. The highest BCUT2D eigenvalue weighted by atomic mass is 79.9. The van der Waals surface area contributed by atoms with Gasteiger partial charge in [0.15, 0.2) is 8.32 Å². The first kappa shape index (κ1) is 33.5. The predicted octanol–water partition coefficient (Wildman–Crippen LogP) is 8.20. The van der Waals surface area contributed by atoms with Crippen LogP contribution in [-0.4, -0.2) is 36.0 Å². The Hall–Kier alpha value is -3.81. The number of halogens is 5. The van der Waals surface area contributed by atoms with Crippen molar-refractivity contribution in [2.75, 3.05) is 5.32 Å². The number of hydrogen-bond donors (Lipinski definition) is 2. The second kappa shape index (κ2) is 12.4. The third-order valence-corrected chi connectivity index (χ3v) is 13.5. The minimum absolute atomic E-state index is 0.0850. The van der Waals surface area contributed by atoms with E-state index in [9.17, 15) is 27.2 Å². The van der Waals surface area contributed by atoms with Crippen molar-refractivity contribution in [3.05, 3.63) is 111 Å². The number of fused-ring (bicyclic) bond motifs is 1. The van der Waals surface area contributed by atoms with Gasteiger partial charge in [0.1, 0.15) is 17.7 Å². The van der Waals surface area contributed by atoms with E-state index in [-0.39, 0.29) is 17.2 Å². The quantitative estimate of drug-likeness (QED) is 0.149. The molecule has 0 bridgehead atoms. The third kappa shape index (κ3) is 6.81. The topological polar surface area (TPSA) is 85.2 Å². The first-order valence-corrected chi connectivity index (χ1v) is 18.2. The Kier molecular flexibility index (Phi) is 9.06. The Balaban J connectivity index is 1.66. The number of hydrogen-bond acceptors (Lipinski definition) is 4. The summed E-state index contributed by atoms with van der Waals surface area (Å²) in [5.41, 5.74) is 0.901. The molecule has 1 aromatic heterocycles. The highest BCUT2D eigenvalue weighted by Gasteiger charge is 2.44. The van der Waals surface area contributed by atoms with Crippen LogP contribution in [0.2, 0.25) is 18.1 Å². The molecule has 0 unspecified atom stereocenters. The fourth-order valence-corrected chi connectivity index (χ4v) is 6.36. The summed E-state index contributed by atoms with van der Waals surface area (Å²) >= 11 is 3.48.